The molecule has 2 fully saturated rings. The zero-order valence-corrected chi connectivity index (χ0v) is 20.5. The van der Waals surface area contributed by atoms with E-state index in [4.69, 9.17) is 5.10 Å². The zero-order chi connectivity index (χ0) is 23.7. The van der Waals surface area contributed by atoms with E-state index in [1.54, 1.807) is 0 Å². The molecule has 0 bridgehead atoms. The quantitative estimate of drug-likeness (QED) is 0.608. The van der Waals surface area contributed by atoms with Gasteiger partial charge in [-0.15, -0.1) is 5.10 Å². The van der Waals surface area contributed by atoms with Gasteiger partial charge in [-0.1, -0.05) is 17.7 Å². The minimum absolute atomic E-state index is 0.0363. The number of carbonyl (C=O) groups is 1. The van der Waals surface area contributed by atoms with Crippen molar-refractivity contribution in [3.8, 4) is 5.69 Å². The number of fused-ring (bicyclic) bond motifs is 1. The van der Waals surface area contributed by atoms with Crippen LogP contribution in [0.1, 0.15) is 42.6 Å². The first-order chi connectivity index (χ1) is 16.5. The van der Waals surface area contributed by atoms with Gasteiger partial charge in [0.1, 0.15) is 5.52 Å². The number of aryl methyl sites for hydroxylation is 3. The Labute approximate surface area is 201 Å². The summed E-state index contributed by atoms with van der Waals surface area (Å²) in [6.45, 7) is 11.7. The van der Waals surface area contributed by atoms with Crippen molar-refractivity contribution in [3.05, 3.63) is 41.2 Å². The van der Waals surface area contributed by atoms with Crippen molar-refractivity contribution < 1.29 is 4.79 Å². The number of nitrogens with zero attached hydrogens (tertiary/aromatic N) is 6. The molecule has 2 saturated heterocycles. The van der Waals surface area contributed by atoms with E-state index in [2.05, 4.69) is 63.4 Å². The molecule has 0 saturated carbocycles. The molecule has 0 radical (unpaired) electrons. The van der Waals surface area contributed by atoms with Crippen molar-refractivity contribution in [3.63, 3.8) is 0 Å². The summed E-state index contributed by atoms with van der Waals surface area (Å²) < 4.78 is 1.98. The van der Waals surface area contributed by atoms with Gasteiger partial charge in [0.25, 0.3) is 0 Å². The molecule has 1 N–H and O–H groups in total. The van der Waals surface area contributed by atoms with E-state index in [1.807, 2.05) is 11.6 Å². The fourth-order valence-electron chi connectivity index (χ4n) is 5.33. The van der Waals surface area contributed by atoms with Crippen LogP contribution in [-0.4, -0.2) is 70.1 Å². The molecule has 1 atom stereocenters. The van der Waals surface area contributed by atoms with Gasteiger partial charge in [0, 0.05) is 26.2 Å². The molecule has 2 aromatic heterocycles. The lowest BCUT2D eigenvalue weighted by Gasteiger charge is -2.32. The molecule has 34 heavy (non-hydrogen) atoms. The summed E-state index contributed by atoms with van der Waals surface area (Å²) in [4.78, 5) is 17.6. The highest BCUT2D eigenvalue weighted by Gasteiger charge is 2.29. The molecule has 0 aliphatic carbocycles. The molecule has 8 heteroatoms. The van der Waals surface area contributed by atoms with Gasteiger partial charge >= 0.3 is 0 Å². The van der Waals surface area contributed by atoms with E-state index in [0.717, 1.165) is 79.4 Å². The molecule has 5 rings (SSSR count). The minimum Gasteiger partial charge on any atom is -0.355 e. The van der Waals surface area contributed by atoms with E-state index in [-0.39, 0.29) is 11.8 Å². The Kier molecular flexibility index (Phi) is 6.50. The Morgan fingerprint density at radius 3 is 2.56 bits per heavy atom. The molecule has 0 spiro atoms. The summed E-state index contributed by atoms with van der Waals surface area (Å²) in [5.41, 5.74) is 5.04. The smallest absolute Gasteiger partial charge is 0.224 e. The third kappa shape index (κ3) is 4.51. The number of carbonyl (C=O) groups excluding carboxylic acids is 1. The number of amides is 1. The van der Waals surface area contributed by atoms with Crippen LogP contribution in [0.5, 0.6) is 0 Å². The van der Waals surface area contributed by atoms with Crippen LogP contribution in [0.25, 0.3) is 16.6 Å². The van der Waals surface area contributed by atoms with Gasteiger partial charge in [0.15, 0.2) is 5.82 Å². The van der Waals surface area contributed by atoms with Crippen LogP contribution in [0.3, 0.4) is 0 Å². The summed E-state index contributed by atoms with van der Waals surface area (Å²) in [6, 6.07) is 8.38. The second kappa shape index (κ2) is 9.70. The lowest BCUT2D eigenvalue weighted by Crippen LogP contribution is -2.45. The summed E-state index contributed by atoms with van der Waals surface area (Å²) in [6.07, 6.45) is 4.41. The van der Waals surface area contributed by atoms with Gasteiger partial charge in [0.05, 0.1) is 28.4 Å². The molecule has 180 valence electrons. The van der Waals surface area contributed by atoms with Crippen molar-refractivity contribution in [1.29, 1.82) is 0 Å². The second-order valence-corrected chi connectivity index (χ2v) is 9.79. The summed E-state index contributed by atoms with van der Waals surface area (Å²) in [7, 11) is 0. The van der Waals surface area contributed by atoms with Gasteiger partial charge in [-0.3, -0.25) is 4.79 Å². The van der Waals surface area contributed by atoms with Crippen LogP contribution in [0.2, 0.25) is 0 Å². The minimum atomic E-state index is -0.0363. The second-order valence-electron chi connectivity index (χ2n) is 9.79. The summed E-state index contributed by atoms with van der Waals surface area (Å²) in [5, 5.41) is 18.2. The van der Waals surface area contributed by atoms with Crippen LogP contribution < -0.4 is 10.2 Å². The van der Waals surface area contributed by atoms with Crippen molar-refractivity contribution in [2.24, 2.45) is 5.92 Å². The molecule has 0 unspecified atom stereocenters. The Hall–Kier alpha value is -3.00. The van der Waals surface area contributed by atoms with Crippen molar-refractivity contribution in [1.82, 2.24) is 30.2 Å². The van der Waals surface area contributed by atoms with Crippen LogP contribution >= 0.6 is 0 Å². The predicted octanol–water partition coefficient (Wildman–Crippen LogP) is 3.17. The average molecular weight is 462 g/mol. The highest BCUT2D eigenvalue weighted by Crippen LogP contribution is 2.31. The monoisotopic (exact) mass is 461 g/mol. The van der Waals surface area contributed by atoms with Crippen molar-refractivity contribution in [2.45, 2.75) is 46.5 Å². The Morgan fingerprint density at radius 1 is 1.03 bits per heavy atom. The topological polar surface area (TPSA) is 79.2 Å². The SMILES string of the molecule is Cc1ccc(-n2nc3c(N4CCC[C@@H](C(=O)NCCN5CCCC5)C4)nnc(C)c3c2C)cc1. The molecular weight excluding hydrogens is 426 g/mol. The van der Waals surface area contributed by atoms with E-state index in [0.29, 0.717) is 6.54 Å². The van der Waals surface area contributed by atoms with E-state index >= 15 is 0 Å². The molecule has 2 aliphatic rings. The number of piperidine rings is 1. The fraction of sp³-hybridized carbons (Fsp3) is 0.538. The summed E-state index contributed by atoms with van der Waals surface area (Å²) >= 11 is 0. The van der Waals surface area contributed by atoms with Gasteiger partial charge in [-0.25, -0.2) is 4.68 Å². The average Bonchev–Trinajstić information content (AvgIpc) is 3.48. The number of hydrogen-bond acceptors (Lipinski definition) is 6. The zero-order valence-electron chi connectivity index (χ0n) is 20.5. The number of aromatic nitrogens is 4. The lowest BCUT2D eigenvalue weighted by molar-refractivity contribution is -0.125. The normalized spacial score (nSPS) is 19.1. The maximum Gasteiger partial charge on any atom is 0.224 e. The molecule has 1 aromatic carbocycles. The molecule has 1 amide bonds. The van der Waals surface area contributed by atoms with E-state index in [1.165, 1.54) is 18.4 Å². The van der Waals surface area contributed by atoms with Crippen molar-refractivity contribution >= 4 is 22.6 Å². The molecule has 8 nitrogen and oxygen atoms in total. The van der Waals surface area contributed by atoms with Gasteiger partial charge in [-0.2, -0.15) is 10.2 Å². The highest BCUT2D eigenvalue weighted by atomic mass is 16.1. The van der Waals surface area contributed by atoms with E-state index < -0.39 is 0 Å². The summed E-state index contributed by atoms with van der Waals surface area (Å²) in [5.74, 6) is 0.900. The van der Waals surface area contributed by atoms with Crippen LogP contribution in [0.15, 0.2) is 24.3 Å². The first-order valence-corrected chi connectivity index (χ1v) is 12.6. The third-order valence-electron chi connectivity index (χ3n) is 7.28. The molecule has 2 aliphatic heterocycles. The number of benzene rings is 1. The first kappa shape index (κ1) is 22.8. The predicted molar refractivity (Wildman–Crippen MR) is 134 cm³/mol. The highest BCUT2D eigenvalue weighted by molar-refractivity contribution is 5.92. The third-order valence-corrected chi connectivity index (χ3v) is 7.28. The maximum absolute atomic E-state index is 12.9. The number of hydrogen-bond donors (Lipinski definition) is 1. The first-order valence-electron chi connectivity index (χ1n) is 12.6. The van der Waals surface area contributed by atoms with Crippen LogP contribution in [0.4, 0.5) is 5.82 Å². The van der Waals surface area contributed by atoms with Gasteiger partial charge in [-0.05, 0) is 71.7 Å². The van der Waals surface area contributed by atoms with Crippen LogP contribution in [0, 0.1) is 26.7 Å². The fourth-order valence-corrected chi connectivity index (χ4v) is 5.33. The van der Waals surface area contributed by atoms with Crippen molar-refractivity contribution in [2.75, 3.05) is 44.2 Å². The molecule has 3 aromatic rings. The number of nitrogens with one attached hydrogen (secondary N) is 1. The number of rotatable bonds is 6. The molecule has 4 heterocycles. The Morgan fingerprint density at radius 2 is 1.79 bits per heavy atom. The Balaban J connectivity index is 1.35. The lowest BCUT2D eigenvalue weighted by atomic mass is 9.97. The Bertz CT molecular complexity index is 1160. The molecular formula is C26H35N7O. The van der Waals surface area contributed by atoms with E-state index in [9.17, 15) is 4.79 Å². The van der Waals surface area contributed by atoms with Gasteiger partial charge < -0.3 is 15.1 Å². The maximum atomic E-state index is 12.9. The number of likely N-dealkylation sites (tertiary alicyclic amines) is 1. The van der Waals surface area contributed by atoms with Gasteiger partial charge in [0.2, 0.25) is 5.91 Å². The van der Waals surface area contributed by atoms with Crippen LogP contribution in [-0.2, 0) is 4.79 Å². The standard InChI is InChI=1S/C26H35N7O/c1-18-8-10-22(11-9-18)33-20(3)23-19(2)28-29-25(24(23)30-33)32-15-6-7-21(17-32)26(34)27-12-16-31-13-4-5-14-31/h8-11,21H,4-7,12-17H2,1-3H3,(H,27,34)/t21-/m1/s1. The largest absolute Gasteiger partial charge is 0.355 e. The number of anilines is 1.